The number of ether oxygens (including phenoxy) is 1. The summed E-state index contributed by atoms with van der Waals surface area (Å²) in [5.74, 6) is -0.0365. The number of anilines is 1. The quantitative estimate of drug-likeness (QED) is 0.754. The normalized spacial score (nSPS) is 13.8. The van der Waals surface area contributed by atoms with Crippen LogP contribution in [0.4, 0.5) is 5.69 Å². The first-order valence-corrected chi connectivity index (χ1v) is 6.64. The van der Waals surface area contributed by atoms with Gasteiger partial charge in [0.25, 0.3) is 0 Å². The van der Waals surface area contributed by atoms with Crippen LogP contribution >= 0.6 is 0 Å². The van der Waals surface area contributed by atoms with Crippen LogP contribution in [0.1, 0.15) is 12.5 Å². The van der Waals surface area contributed by atoms with Crippen molar-refractivity contribution in [1.29, 1.82) is 0 Å². The van der Waals surface area contributed by atoms with E-state index in [9.17, 15) is 4.79 Å². The van der Waals surface area contributed by atoms with Gasteiger partial charge in [-0.1, -0.05) is 13.0 Å². The third-order valence-electron chi connectivity index (χ3n) is 3.15. The molecule has 0 radical (unpaired) electrons. The molecular formula is C14H20N2O3. The van der Waals surface area contributed by atoms with Crippen LogP contribution in [0.15, 0.2) is 18.2 Å². The van der Waals surface area contributed by atoms with Crippen molar-refractivity contribution in [2.75, 3.05) is 37.7 Å². The second-order valence-electron chi connectivity index (χ2n) is 4.57. The number of nitrogens with one attached hydrogen (secondary N) is 1. The van der Waals surface area contributed by atoms with E-state index in [1.807, 2.05) is 23.1 Å². The van der Waals surface area contributed by atoms with E-state index < -0.39 is 5.97 Å². The van der Waals surface area contributed by atoms with Crippen molar-refractivity contribution in [2.45, 2.75) is 13.3 Å². The lowest BCUT2D eigenvalue weighted by Gasteiger charge is -2.30. The molecule has 0 bridgehead atoms. The van der Waals surface area contributed by atoms with Crippen LogP contribution in [0.5, 0.6) is 5.75 Å². The van der Waals surface area contributed by atoms with E-state index in [0.717, 1.165) is 30.9 Å². The smallest absolute Gasteiger partial charge is 0.323 e. The summed E-state index contributed by atoms with van der Waals surface area (Å²) in [6.45, 7) is 5.14. The third-order valence-corrected chi connectivity index (χ3v) is 3.15. The first kappa shape index (κ1) is 13.7. The largest absolute Gasteiger partial charge is 0.490 e. The Labute approximate surface area is 113 Å². The molecule has 1 aromatic carbocycles. The van der Waals surface area contributed by atoms with Crippen molar-refractivity contribution >= 4 is 11.7 Å². The molecule has 2 N–H and O–H groups in total. The minimum Gasteiger partial charge on any atom is -0.490 e. The van der Waals surface area contributed by atoms with Crippen molar-refractivity contribution in [3.05, 3.63) is 23.8 Å². The summed E-state index contributed by atoms with van der Waals surface area (Å²) in [5.41, 5.74) is 2.09. The fourth-order valence-corrected chi connectivity index (χ4v) is 2.21. The van der Waals surface area contributed by atoms with Gasteiger partial charge in [0.1, 0.15) is 18.9 Å². The molecule has 104 valence electrons. The van der Waals surface area contributed by atoms with E-state index in [1.165, 1.54) is 5.56 Å². The lowest BCUT2D eigenvalue weighted by atomic mass is 10.1. The SMILES string of the molecule is CCNCCc1ccc2c(c1)N(CC(=O)O)CCO2. The Hall–Kier alpha value is -1.75. The summed E-state index contributed by atoms with van der Waals surface area (Å²) >= 11 is 0. The molecule has 19 heavy (non-hydrogen) atoms. The van der Waals surface area contributed by atoms with Gasteiger partial charge >= 0.3 is 5.97 Å². The first-order chi connectivity index (χ1) is 9.20. The molecule has 1 aromatic rings. The van der Waals surface area contributed by atoms with Crippen molar-refractivity contribution in [2.24, 2.45) is 0 Å². The Balaban J connectivity index is 2.12. The highest BCUT2D eigenvalue weighted by molar-refractivity contribution is 5.75. The van der Waals surface area contributed by atoms with Gasteiger partial charge in [-0.2, -0.15) is 0 Å². The molecular weight excluding hydrogens is 244 g/mol. The Kier molecular flexibility index (Phi) is 4.63. The molecule has 5 nitrogen and oxygen atoms in total. The summed E-state index contributed by atoms with van der Waals surface area (Å²) in [7, 11) is 0. The van der Waals surface area contributed by atoms with Crippen molar-refractivity contribution in [3.63, 3.8) is 0 Å². The zero-order chi connectivity index (χ0) is 13.7. The fraction of sp³-hybridized carbons (Fsp3) is 0.500. The van der Waals surface area contributed by atoms with E-state index in [0.29, 0.717) is 13.2 Å². The molecule has 2 rings (SSSR count). The summed E-state index contributed by atoms with van der Waals surface area (Å²) in [4.78, 5) is 12.7. The highest BCUT2D eigenvalue weighted by Crippen LogP contribution is 2.32. The summed E-state index contributed by atoms with van der Waals surface area (Å²) in [6.07, 6.45) is 0.933. The van der Waals surface area contributed by atoms with Gasteiger partial charge < -0.3 is 20.1 Å². The molecule has 0 spiro atoms. The van der Waals surface area contributed by atoms with Crippen molar-refractivity contribution in [1.82, 2.24) is 5.32 Å². The van der Waals surface area contributed by atoms with Crippen LogP contribution < -0.4 is 15.0 Å². The molecule has 0 aliphatic carbocycles. The molecule has 0 aromatic heterocycles. The number of carboxylic acid groups (broad SMARTS) is 1. The highest BCUT2D eigenvalue weighted by atomic mass is 16.5. The number of fused-ring (bicyclic) bond motifs is 1. The van der Waals surface area contributed by atoms with Crippen LogP contribution in [-0.4, -0.2) is 43.9 Å². The summed E-state index contributed by atoms with van der Waals surface area (Å²) < 4.78 is 5.57. The fourth-order valence-electron chi connectivity index (χ4n) is 2.21. The maximum Gasteiger partial charge on any atom is 0.323 e. The second kappa shape index (κ2) is 6.43. The van der Waals surface area contributed by atoms with Crippen LogP contribution in [0, 0.1) is 0 Å². The van der Waals surface area contributed by atoms with Gasteiger partial charge in [0.2, 0.25) is 0 Å². The van der Waals surface area contributed by atoms with E-state index in [2.05, 4.69) is 12.2 Å². The molecule has 1 aliphatic heterocycles. The molecule has 0 saturated carbocycles. The number of hydrogen-bond donors (Lipinski definition) is 2. The van der Waals surface area contributed by atoms with E-state index in [1.54, 1.807) is 0 Å². The maximum atomic E-state index is 10.9. The van der Waals surface area contributed by atoms with E-state index in [4.69, 9.17) is 9.84 Å². The number of carboxylic acids is 1. The van der Waals surface area contributed by atoms with E-state index >= 15 is 0 Å². The molecule has 1 aliphatic rings. The standard InChI is InChI=1S/C14H20N2O3/c1-2-15-6-5-11-3-4-13-12(9-11)16(7-8-19-13)10-14(17)18/h3-4,9,15H,2,5-8,10H2,1H3,(H,17,18). The Morgan fingerprint density at radius 2 is 2.37 bits per heavy atom. The Morgan fingerprint density at radius 3 is 3.11 bits per heavy atom. The van der Waals surface area contributed by atoms with Crippen molar-refractivity contribution < 1.29 is 14.6 Å². The van der Waals surface area contributed by atoms with E-state index in [-0.39, 0.29) is 6.54 Å². The van der Waals surface area contributed by atoms with Crippen molar-refractivity contribution in [3.8, 4) is 5.75 Å². The number of hydrogen-bond acceptors (Lipinski definition) is 4. The monoisotopic (exact) mass is 264 g/mol. The average molecular weight is 264 g/mol. The average Bonchev–Trinajstić information content (AvgIpc) is 2.39. The maximum absolute atomic E-state index is 10.9. The molecule has 0 amide bonds. The minimum absolute atomic E-state index is 0.0209. The Bertz CT molecular complexity index is 448. The van der Waals surface area contributed by atoms with Gasteiger partial charge in [-0.15, -0.1) is 0 Å². The third kappa shape index (κ3) is 3.61. The number of likely N-dealkylation sites (N-methyl/N-ethyl adjacent to an activating group) is 1. The number of nitrogens with zero attached hydrogens (tertiary/aromatic N) is 1. The number of aliphatic carboxylic acids is 1. The van der Waals surface area contributed by atoms with Gasteiger partial charge in [-0.05, 0) is 37.2 Å². The van der Waals surface area contributed by atoms with Gasteiger partial charge in [-0.3, -0.25) is 4.79 Å². The van der Waals surface area contributed by atoms with Gasteiger partial charge in [0, 0.05) is 0 Å². The molecule has 0 fully saturated rings. The minimum atomic E-state index is -0.814. The number of benzene rings is 1. The molecule has 0 saturated heterocycles. The first-order valence-electron chi connectivity index (χ1n) is 6.64. The molecule has 5 heteroatoms. The van der Waals surface area contributed by atoms with Gasteiger partial charge in [-0.25, -0.2) is 0 Å². The number of rotatable bonds is 6. The molecule has 0 unspecified atom stereocenters. The van der Waals surface area contributed by atoms with Gasteiger partial charge in [0.15, 0.2) is 0 Å². The number of carbonyl (C=O) groups is 1. The Morgan fingerprint density at radius 1 is 1.53 bits per heavy atom. The zero-order valence-corrected chi connectivity index (χ0v) is 11.2. The van der Waals surface area contributed by atoms with Crippen LogP contribution in [-0.2, 0) is 11.2 Å². The van der Waals surface area contributed by atoms with Crippen LogP contribution in [0.25, 0.3) is 0 Å². The second-order valence-corrected chi connectivity index (χ2v) is 4.57. The van der Waals surface area contributed by atoms with Crippen LogP contribution in [0.3, 0.4) is 0 Å². The molecule has 1 heterocycles. The lowest BCUT2D eigenvalue weighted by Crippen LogP contribution is -2.36. The topological polar surface area (TPSA) is 61.8 Å². The predicted octanol–water partition coefficient (Wildman–Crippen LogP) is 1.12. The molecule has 0 atom stereocenters. The predicted molar refractivity (Wildman–Crippen MR) is 74.0 cm³/mol. The zero-order valence-electron chi connectivity index (χ0n) is 11.2. The summed E-state index contributed by atoms with van der Waals surface area (Å²) in [6, 6.07) is 6.01. The van der Waals surface area contributed by atoms with Gasteiger partial charge in [0.05, 0.1) is 12.2 Å². The summed E-state index contributed by atoms with van der Waals surface area (Å²) in [5, 5.41) is 12.2. The lowest BCUT2D eigenvalue weighted by molar-refractivity contribution is -0.135. The highest BCUT2D eigenvalue weighted by Gasteiger charge is 2.20. The van der Waals surface area contributed by atoms with Crippen LogP contribution in [0.2, 0.25) is 0 Å².